The zero-order valence-electron chi connectivity index (χ0n) is 31.1. The Morgan fingerprint density at radius 3 is 1.76 bits per heavy atom. The van der Waals surface area contributed by atoms with Crippen LogP contribution in [-0.2, 0) is 4.74 Å². The molecule has 240 valence electrons. The van der Waals surface area contributed by atoms with Crippen LogP contribution in [0.15, 0.2) is 68.7 Å². The molecule has 42 heavy (non-hydrogen) atoms. The van der Waals surface area contributed by atoms with E-state index in [9.17, 15) is 0 Å². The quantitative estimate of drug-likeness (QED) is 0.210. The molecule has 0 aliphatic carbocycles. The molecule has 1 atom stereocenters. The van der Waals surface area contributed by atoms with Gasteiger partial charge in [0.1, 0.15) is 5.76 Å². The molecule has 0 amide bonds. The van der Waals surface area contributed by atoms with E-state index < -0.39 is 10.0 Å². The molecular formula is C40H68OS. The Bertz CT molecular complexity index is 1170. The normalized spacial score (nSPS) is 24.7. The first kappa shape index (κ1) is 36.8. The lowest BCUT2D eigenvalue weighted by atomic mass is 9.79. The van der Waals surface area contributed by atoms with E-state index in [1.807, 2.05) is 0 Å². The van der Waals surface area contributed by atoms with Crippen LogP contribution in [0.5, 0.6) is 0 Å². The molecule has 1 nitrogen and oxygen atoms in total. The topological polar surface area (TPSA) is 9.23 Å². The summed E-state index contributed by atoms with van der Waals surface area (Å²) in [4.78, 5) is 0. The van der Waals surface area contributed by atoms with Gasteiger partial charge in [-0.1, -0.05) is 147 Å². The third-order valence-corrected chi connectivity index (χ3v) is 12.4. The van der Waals surface area contributed by atoms with E-state index in [1.165, 1.54) is 28.2 Å². The highest BCUT2D eigenvalue weighted by molar-refractivity contribution is 8.38. The molecule has 0 aromatic carbocycles. The van der Waals surface area contributed by atoms with Crippen LogP contribution < -0.4 is 0 Å². The zero-order valence-corrected chi connectivity index (χ0v) is 31.9. The lowest BCUT2D eigenvalue weighted by Gasteiger charge is -2.39. The Kier molecular flexibility index (Phi) is 10.7. The van der Waals surface area contributed by atoms with Gasteiger partial charge in [-0.15, -0.1) is 0 Å². The molecule has 0 N–H and O–H groups in total. The molecule has 0 fully saturated rings. The molecule has 0 saturated carbocycles. The summed E-state index contributed by atoms with van der Waals surface area (Å²) in [6, 6.07) is 0. The van der Waals surface area contributed by atoms with Gasteiger partial charge in [0.05, 0.1) is 6.61 Å². The molecule has 2 aliphatic rings. The molecule has 0 radical (unpaired) electrons. The lowest BCUT2D eigenvalue weighted by molar-refractivity contribution is 0.150. The van der Waals surface area contributed by atoms with E-state index in [0.29, 0.717) is 6.61 Å². The highest BCUT2D eigenvalue weighted by Gasteiger charge is 2.44. The van der Waals surface area contributed by atoms with Crippen molar-refractivity contribution < 1.29 is 4.74 Å². The number of rotatable bonds is 7. The zero-order chi connectivity index (χ0) is 32.7. The maximum Gasteiger partial charge on any atom is 0.102 e. The van der Waals surface area contributed by atoms with Gasteiger partial charge in [0, 0.05) is 17.6 Å². The second-order valence-corrected chi connectivity index (χ2v) is 21.8. The number of fused-ring (bicyclic) bond motifs is 1. The van der Waals surface area contributed by atoms with Crippen molar-refractivity contribution in [2.75, 3.05) is 18.1 Å². The highest BCUT2D eigenvalue weighted by atomic mass is 32.3. The molecule has 0 saturated heterocycles. The van der Waals surface area contributed by atoms with E-state index in [1.54, 1.807) is 11.1 Å². The third kappa shape index (κ3) is 9.54. The summed E-state index contributed by atoms with van der Waals surface area (Å²) in [7, 11) is -1.07. The van der Waals surface area contributed by atoms with Crippen LogP contribution in [0.1, 0.15) is 131 Å². The number of allylic oxidation sites excluding steroid dienone is 8. The molecule has 0 aromatic rings. The average Bonchev–Trinajstić information content (AvgIpc) is 2.93. The van der Waals surface area contributed by atoms with Crippen molar-refractivity contribution in [2.45, 2.75) is 131 Å². The predicted octanol–water partition coefficient (Wildman–Crippen LogP) is 12.9. The average molecular weight is 597 g/mol. The lowest BCUT2D eigenvalue weighted by Crippen LogP contribution is -2.20. The van der Waals surface area contributed by atoms with Gasteiger partial charge in [-0.05, 0) is 73.4 Å². The second-order valence-electron chi connectivity index (χ2n) is 18.8. The first-order chi connectivity index (χ1) is 18.6. The van der Waals surface area contributed by atoms with Crippen LogP contribution in [0.25, 0.3) is 0 Å². The fourth-order valence-electron chi connectivity index (χ4n) is 5.75. The standard InChI is InChI=1S/C40H68OS/c1-19-29(35(2,3)4)22-30(36(5,6)7)20-21-41-34(39(14,15)16)24-32(38(11,12)13)26-42-25-31(37(8,9)10)23-33(27-42)40(17,18)28-42/h19,22-24,26-27H,20-21,25,28H2,1-18H3/b29-19+,30-22+,32-26+,34-24-. The monoisotopic (exact) mass is 596 g/mol. The maximum absolute atomic E-state index is 6.78. The van der Waals surface area contributed by atoms with Gasteiger partial charge < -0.3 is 4.74 Å². The van der Waals surface area contributed by atoms with Crippen molar-refractivity contribution >= 4 is 10.0 Å². The van der Waals surface area contributed by atoms with Gasteiger partial charge in [0.25, 0.3) is 0 Å². The van der Waals surface area contributed by atoms with Gasteiger partial charge in [-0.25, -0.2) is 0 Å². The predicted molar refractivity (Wildman–Crippen MR) is 193 cm³/mol. The number of hydrogen-bond acceptors (Lipinski definition) is 1. The van der Waals surface area contributed by atoms with Crippen LogP contribution in [0.2, 0.25) is 0 Å². The Morgan fingerprint density at radius 1 is 0.786 bits per heavy atom. The van der Waals surface area contributed by atoms with E-state index in [0.717, 1.165) is 12.2 Å². The van der Waals surface area contributed by atoms with Crippen molar-refractivity contribution in [3.8, 4) is 0 Å². The molecule has 0 aromatic heterocycles. The summed E-state index contributed by atoms with van der Waals surface area (Å²) in [6.45, 7) is 42.7. The summed E-state index contributed by atoms with van der Waals surface area (Å²) >= 11 is 0. The number of hydrogen-bond donors (Lipinski definition) is 0. The Morgan fingerprint density at radius 2 is 1.33 bits per heavy atom. The Labute approximate surface area is 264 Å². The fourth-order valence-corrected chi connectivity index (χ4v) is 10.7. The molecule has 2 aliphatic heterocycles. The highest BCUT2D eigenvalue weighted by Crippen LogP contribution is 2.68. The van der Waals surface area contributed by atoms with E-state index in [2.05, 4.69) is 160 Å². The number of ether oxygens (including phenoxy) is 1. The Hall–Kier alpha value is -1.41. The Balaban J connectivity index is 2.52. The molecule has 2 bridgehead atoms. The fraction of sp³-hybridized carbons (Fsp3) is 0.700. The van der Waals surface area contributed by atoms with Gasteiger partial charge >= 0.3 is 0 Å². The molecule has 2 heterocycles. The van der Waals surface area contributed by atoms with Crippen molar-refractivity contribution in [2.24, 2.45) is 32.5 Å². The van der Waals surface area contributed by atoms with E-state index in [4.69, 9.17) is 4.74 Å². The summed E-state index contributed by atoms with van der Waals surface area (Å²) in [6.07, 6.45) is 10.6. The summed E-state index contributed by atoms with van der Waals surface area (Å²) in [5.41, 5.74) is 7.99. The van der Waals surface area contributed by atoms with Gasteiger partial charge in [-0.3, -0.25) is 0 Å². The van der Waals surface area contributed by atoms with Crippen LogP contribution in [0.3, 0.4) is 0 Å². The minimum Gasteiger partial charge on any atom is -0.497 e. The second kappa shape index (κ2) is 12.2. The van der Waals surface area contributed by atoms with Crippen molar-refractivity contribution in [1.29, 1.82) is 0 Å². The van der Waals surface area contributed by atoms with Gasteiger partial charge in [0.15, 0.2) is 0 Å². The van der Waals surface area contributed by atoms with Crippen molar-refractivity contribution in [3.05, 3.63) is 68.7 Å². The van der Waals surface area contributed by atoms with Crippen LogP contribution in [-0.4, -0.2) is 18.1 Å². The first-order valence-electron chi connectivity index (χ1n) is 16.3. The largest absolute Gasteiger partial charge is 0.497 e. The van der Waals surface area contributed by atoms with Crippen molar-refractivity contribution in [1.82, 2.24) is 0 Å². The molecule has 2 rings (SSSR count). The minimum atomic E-state index is -1.07. The minimum absolute atomic E-state index is 0.0232. The first-order valence-corrected chi connectivity index (χ1v) is 18.4. The van der Waals surface area contributed by atoms with E-state index >= 15 is 0 Å². The summed E-state index contributed by atoms with van der Waals surface area (Å²) < 4.78 is 6.78. The third-order valence-electron chi connectivity index (χ3n) is 8.84. The van der Waals surface area contributed by atoms with Gasteiger partial charge in [0.2, 0.25) is 0 Å². The van der Waals surface area contributed by atoms with Gasteiger partial charge in [-0.2, -0.15) is 10.0 Å². The van der Waals surface area contributed by atoms with E-state index in [-0.39, 0.29) is 32.5 Å². The maximum atomic E-state index is 6.78. The van der Waals surface area contributed by atoms with Crippen LogP contribution in [0.4, 0.5) is 0 Å². The SMILES string of the molecule is C/C=C(\C=C(/CCO/C(=C\C(=C/S12C=C(C=C(C(C)(C)C)C1)C(C)(C)C2)C(C)(C)C)C(C)(C)C)C(C)(C)C)C(C)(C)C. The summed E-state index contributed by atoms with van der Waals surface area (Å²) in [5.74, 6) is 3.52. The molecule has 2 heteroatoms. The van der Waals surface area contributed by atoms with Crippen molar-refractivity contribution in [3.63, 3.8) is 0 Å². The molecule has 0 spiro atoms. The van der Waals surface area contributed by atoms with Crippen LogP contribution >= 0.6 is 10.0 Å². The molecular weight excluding hydrogens is 529 g/mol. The smallest absolute Gasteiger partial charge is 0.102 e. The molecule has 1 unspecified atom stereocenters. The van der Waals surface area contributed by atoms with Crippen LogP contribution in [0, 0.1) is 32.5 Å². The summed E-state index contributed by atoms with van der Waals surface area (Å²) in [5, 5.41) is 5.38.